The fourth-order valence-corrected chi connectivity index (χ4v) is 2.63. The van der Waals surface area contributed by atoms with Gasteiger partial charge in [0, 0.05) is 17.2 Å². The van der Waals surface area contributed by atoms with Crippen LogP contribution in [0.15, 0.2) is 51.7 Å². The van der Waals surface area contributed by atoms with Crippen LogP contribution in [0.2, 0.25) is 0 Å². The molecule has 0 aliphatic rings. The van der Waals surface area contributed by atoms with Crippen molar-refractivity contribution in [2.45, 2.75) is 26.2 Å². The van der Waals surface area contributed by atoms with E-state index >= 15 is 0 Å². The van der Waals surface area contributed by atoms with Crippen LogP contribution >= 0.6 is 0 Å². The van der Waals surface area contributed by atoms with Crippen LogP contribution in [0.1, 0.15) is 25.3 Å². The predicted molar refractivity (Wildman–Crippen MR) is 89.9 cm³/mol. The zero-order valence-corrected chi connectivity index (χ0v) is 12.9. The van der Waals surface area contributed by atoms with Crippen molar-refractivity contribution in [2.24, 2.45) is 0 Å². The number of aromatic hydroxyl groups is 2. The Morgan fingerprint density at radius 3 is 2.48 bits per heavy atom. The van der Waals surface area contributed by atoms with Gasteiger partial charge in [0.2, 0.25) is 0 Å². The Bertz CT molecular complexity index is 892. The van der Waals surface area contributed by atoms with E-state index in [1.54, 1.807) is 36.4 Å². The second-order valence-corrected chi connectivity index (χ2v) is 5.57. The molecular formula is C19H18O4. The smallest absolute Gasteiger partial charge is 0.193 e. The van der Waals surface area contributed by atoms with E-state index in [1.165, 1.54) is 6.07 Å². The van der Waals surface area contributed by atoms with E-state index in [1.807, 2.05) is 0 Å². The quantitative estimate of drug-likeness (QED) is 0.757. The predicted octanol–water partition coefficient (Wildman–Crippen LogP) is 4.21. The molecule has 1 aromatic heterocycles. The molecule has 0 atom stereocenters. The molecule has 0 radical (unpaired) electrons. The first-order valence-corrected chi connectivity index (χ1v) is 7.68. The second kappa shape index (κ2) is 6.16. The molecular weight excluding hydrogens is 292 g/mol. The number of fused-ring (bicyclic) bond motifs is 1. The third kappa shape index (κ3) is 2.93. The largest absolute Gasteiger partial charge is 0.508 e. The summed E-state index contributed by atoms with van der Waals surface area (Å²) in [6.45, 7) is 2.07. The number of hydrogen-bond acceptors (Lipinski definition) is 4. The van der Waals surface area contributed by atoms with Gasteiger partial charge in [0.05, 0.1) is 5.39 Å². The van der Waals surface area contributed by atoms with Crippen molar-refractivity contribution >= 4 is 11.0 Å². The Morgan fingerprint density at radius 2 is 1.78 bits per heavy atom. The van der Waals surface area contributed by atoms with Crippen LogP contribution in [0.5, 0.6) is 11.5 Å². The zero-order valence-electron chi connectivity index (χ0n) is 12.9. The van der Waals surface area contributed by atoms with E-state index in [4.69, 9.17) is 4.42 Å². The number of unbranched alkanes of at least 4 members (excludes halogenated alkanes) is 1. The first-order valence-electron chi connectivity index (χ1n) is 7.68. The standard InChI is InChI=1S/C19H18O4/c1-2-3-4-14-16(21)10-9-15-17(22)11-18(23-19(14)15)12-5-7-13(20)8-6-12/h5-11,20-21H,2-4H2,1H3. The average molecular weight is 310 g/mol. The fourth-order valence-electron chi connectivity index (χ4n) is 2.63. The third-order valence-corrected chi connectivity index (χ3v) is 3.91. The molecule has 0 spiro atoms. The Labute approximate surface area is 133 Å². The highest BCUT2D eigenvalue weighted by Gasteiger charge is 2.13. The number of aryl methyl sites for hydroxylation is 1. The van der Waals surface area contributed by atoms with Crippen LogP contribution < -0.4 is 5.43 Å². The molecule has 0 unspecified atom stereocenters. The Morgan fingerprint density at radius 1 is 1.04 bits per heavy atom. The van der Waals surface area contributed by atoms with Crippen molar-refractivity contribution in [1.29, 1.82) is 0 Å². The van der Waals surface area contributed by atoms with E-state index < -0.39 is 0 Å². The topological polar surface area (TPSA) is 70.7 Å². The Hall–Kier alpha value is -2.75. The van der Waals surface area contributed by atoms with Gasteiger partial charge in [0.25, 0.3) is 0 Å². The average Bonchev–Trinajstić information content (AvgIpc) is 2.54. The highest BCUT2D eigenvalue weighted by atomic mass is 16.3. The molecule has 0 fully saturated rings. The van der Waals surface area contributed by atoms with E-state index in [0.29, 0.717) is 34.3 Å². The van der Waals surface area contributed by atoms with Crippen LogP contribution in [0.25, 0.3) is 22.3 Å². The molecule has 2 aromatic carbocycles. The molecule has 118 valence electrons. The number of rotatable bonds is 4. The summed E-state index contributed by atoms with van der Waals surface area (Å²) in [5.74, 6) is 0.723. The Balaban J connectivity index is 2.22. The summed E-state index contributed by atoms with van der Waals surface area (Å²) in [4.78, 5) is 12.4. The van der Waals surface area contributed by atoms with Gasteiger partial charge in [-0.2, -0.15) is 0 Å². The molecule has 0 bridgehead atoms. The number of phenols is 2. The lowest BCUT2D eigenvalue weighted by atomic mass is 10.0. The highest BCUT2D eigenvalue weighted by molar-refractivity contribution is 5.83. The second-order valence-electron chi connectivity index (χ2n) is 5.57. The summed E-state index contributed by atoms with van der Waals surface area (Å²) < 4.78 is 5.94. The fraction of sp³-hybridized carbons (Fsp3) is 0.211. The van der Waals surface area contributed by atoms with Gasteiger partial charge in [-0.05, 0) is 49.2 Å². The van der Waals surface area contributed by atoms with Gasteiger partial charge in [0.1, 0.15) is 22.8 Å². The maximum atomic E-state index is 12.4. The lowest BCUT2D eigenvalue weighted by Crippen LogP contribution is -2.02. The normalized spacial score (nSPS) is 11.0. The van der Waals surface area contributed by atoms with Gasteiger partial charge in [-0.3, -0.25) is 4.79 Å². The van der Waals surface area contributed by atoms with E-state index in [9.17, 15) is 15.0 Å². The zero-order chi connectivity index (χ0) is 16.4. The maximum Gasteiger partial charge on any atom is 0.193 e. The Kier molecular flexibility index (Phi) is 4.06. The minimum absolute atomic E-state index is 0.146. The van der Waals surface area contributed by atoms with Crippen LogP contribution in [0.4, 0.5) is 0 Å². The van der Waals surface area contributed by atoms with Crippen LogP contribution in [-0.4, -0.2) is 10.2 Å². The molecule has 0 saturated heterocycles. The van der Waals surface area contributed by atoms with Crippen molar-refractivity contribution in [3.8, 4) is 22.8 Å². The lowest BCUT2D eigenvalue weighted by Gasteiger charge is -2.09. The van der Waals surface area contributed by atoms with Gasteiger partial charge < -0.3 is 14.6 Å². The molecule has 0 amide bonds. The van der Waals surface area contributed by atoms with Crippen molar-refractivity contribution in [2.75, 3.05) is 0 Å². The van der Waals surface area contributed by atoms with Crippen molar-refractivity contribution < 1.29 is 14.6 Å². The minimum Gasteiger partial charge on any atom is -0.508 e. The van der Waals surface area contributed by atoms with Crippen LogP contribution in [0.3, 0.4) is 0 Å². The van der Waals surface area contributed by atoms with Crippen molar-refractivity contribution in [3.63, 3.8) is 0 Å². The van der Waals surface area contributed by atoms with Crippen molar-refractivity contribution in [1.82, 2.24) is 0 Å². The van der Waals surface area contributed by atoms with Gasteiger partial charge in [-0.25, -0.2) is 0 Å². The molecule has 0 aliphatic heterocycles. The third-order valence-electron chi connectivity index (χ3n) is 3.91. The van der Waals surface area contributed by atoms with Crippen molar-refractivity contribution in [3.05, 3.63) is 58.3 Å². The molecule has 0 saturated carbocycles. The minimum atomic E-state index is -0.146. The lowest BCUT2D eigenvalue weighted by molar-refractivity contribution is 0.465. The summed E-state index contributed by atoms with van der Waals surface area (Å²) >= 11 is 0. The number of benzene rings is 2. The summed E-state index contributed by atoms with van der Waals surface area (Å²) in [6.07, 6.45) is 2.54. The first kappa shape index (κ1) is 15.2. The van der Waals surface area contributed by atoms with Gasteiger partial charge in [0.15, 0.2) is 5.43 Å². The maximum absolute atomic E-state index is 12.4. The SMILES string of the molecule is CCCCc1c(O)ccc2c(=O)cc(-c3ccc(O)cc3)oc12. The van der Waals surface area contributed by atoms with Gasteiger partial charge in [-0.1, -0.05) is 13.3 Å². The van der Waals surface area contributed by atoms with Gasteiger partial charge in [-0.15, -0.1) is 0 Å². The molecule has 4 heteroatoms. The summed E-state index contributed by atoms with van der Waals surface area (Å²) in [5, 5.41) is 20.0. The molecule has 3 aromatic rings. The highest BCUT2D eigenvalue weighted by Crippen LogP contribution is 2.30. The monoisotopic (exact) mass is 310 g/mol. The summed E-state index contributed by atoms with van der Waals surface area (Å²) in [7, 11) is 0. The molecule has 2 N–H and O–H groups in total. The number of hydrogen-bond donors (Lipinski definition) is 2. The number of phenolic OH excluding ortho intramolecular Hbond substituents is 2. The molecule has 0 aliphatic carbocycles. The van der Waals surface area contributed by atoms with E-state index in [0.717, 1.165) is 12.8 Å². The summed E-state index contributed by atoms with van der Waals surface area (Å²) in [5.41, 5.74) is 1.66. The van der Waals surface area contributed by atoms with E-state index in [2.05, 4.69) is 6.92 Å². The van der Waals surface area contributed by atoms with Crippen LogP contribution in [0, 0.1) is 0 Å². The molecule has 1 heterocycles. The van der Waals surface area contributed by atoms with E-state index in [-0.39, 0.29) is 16.9 Å². The van der Waals surface area contributed by atoms with Crippen LogP contribution in [-0.2, 0) is 6.42 Å². The summed E-state index contributed by atoms with van der Waals surface area (Å²) in [6, 6.07) is 11.0. The molecule has 3 rings (SSSR count). The first-order chi connectivity index (χ1) is 11.1. The molecule has 23 heavy (non-hydrogen) atoms. The molecule has 4 nitrogen and oxygen atoms in total. The van der Waals surface area contributed by atoms with Gasteiger partial charge >= 0.3 is 0 Å².